The molecule has 2 aromatic carbocycles. The van der Waals surface area contributed by atoms with Crippen molar-refractivity contribution in [2.75, 3.05) is 13.1 Å². The molecule has 0 aliphatic carbocycles. The standard InChI is InChI=1S/C18H20ClNO2S/c1-13-2-5-17(12-18(13)14-8-10-20-11-9-14)23(21,22)16-6-3-15(19)4-7-16/h2-7,12,14,20H,8-11H2,1H3. The predicted octanol–water partition coefficient (Wildman–Crippen LogP) is 3.95. The fraction of sp³-hybridized carbons (Fsp3) is 0.333. The third-order valence-corrected chi connectivity index (χ3v) is 6.48. The second kappa shape index (κ2) is 6.63. The zero-order chi connectivity index (χ0) is 16.4. The lowest BCUT2D eigenvalue weighted by molar-refractivity contribution is 0.458. The highest BCUT2D eigenvalue weighted by molar-refractivity contribution is 7.91. The number of nitrogens with one attached hydrogen (secondary N) is 1. The molecule has 1 aliphatic heterocycles. The van der Waals surface area contributed by atoms with Crippen LogP contribution in [0.1, 0.15) is 29.9 Å². The molecule has 0 unspecified atom stereocenters. The van der Waals surface area contributed by atoms with Crippen LogP contribution >= 0.6 is 11.6 Å². The fourth-order valence-corrected chi connectivity index (χ4v) is 4.53. The Morgan fingerprint density at radius 3 is 2.26 bits per heavy atom. The Hall–Kier alpha value is -1.36. The van der Waals surface area contributed by atoms with Crippen LogP contribution in [0.5, 0.6) is 0 Å². The van der Waals surface area contributed by atoms with Crippen molar-refractivity contribution in [3.8, 4) is 0 Å². The molecule has 5 heteroatoms. The third-order valence-electron chi connectivity index (χ3n) is 4.46. The maximum absolute atomic E-state index is 12.8. The summed E-state index contributed by atoms with van der Waals surface area (Å²) in [7, 11) is -3.51. The molecule has 1 heterocycles. The van der Waals surface area contributed by atoms with Crippen LogP contribution in [0, 0.1) is 6.92 Å². The maximum atomic E-state index is 12.8. The number of hydrogen-bond acceptors (Lipinski definition) is 3. The highest BCUT2D eigenvalue weighted by Crippen LogP contribution is 2.31. The van der Waals surface area contributed by atoms with Gasteiger partial charge in [-0.25, -0.2) is 8.42 Å². The van der Waals surface area contributed by atoms with Crippen LogP contribution < -0.4 is 5.32 Å². The van der Waals surface area contributed by atoms with Crippen molar-refractivity contribution < 1.29 is 8.42 Å². The summed E-state index contributed by atoms with van der Waals surface area (Å²) < 4.78 is 25.7. The first-order chi connectivity index (χ1) is 11.0. The van der Waals surface area contributed by atoms with E-state index in [1.165, 1.54) is 0 Å². The molecule has 0 spiro atoms. The van der Waals surface area contributed by atoms with E-state index in [-0.39, 0.29) is 4.90 Å². The van der Waals surface area contributed by atoms with Gasteiger partial charge in [0.2, 0.25) is 9.84 Å². The Labute approximate surface area is 142 Å². The molecule has 0 bridgehead atoms. The van der Waals surface area contributed by atoms with Crippen molar-refractivity contribution in [2.24, 2.45) is 0 Å². The molecule has 122 valence electrons. The molecule has 23 heavy (non-hydrogen) atoms. The zero-order valence-corrected chi connectivity index (χ0v) is 14.6. The summed E-state index contributed by atoms with van der Waals surface area (Å²) in [6.07, 6.45) is 2.09. The lowest BCUT2D eigenvalue weighted by Crippen LogP contribution is -2.27. The number of aryl methyl sites for hydroxylation is 1. The van der Waals surface area contributed by atoms with Gasteiger partial charge in [-0.15, -0.1) is 0 Å². The number of benzene rings is 2. The van der Waals surface area contributed by atoms with Crippen molar-refractivity contribution in [1.29, 1.82) is 0 Å². The van der Waals surface area contributed by atoms with E-state index < -0.39 is 9.84 Å². The molecule has 1 N–H and O–H groups in total. The topological polar surface area (TPSA) is 46.2 Å². The Morgan fingerprint density at radius 2 is 1.61 bits per heavy atom. The molecular weight excluding hydrogens is 330 g/mol. The monoisotopic (exact) mass is 349 g/mol. The fourth-order valence-electron chi connectivity index (χ4n) is 3.11. The van der Waals surface area contributed by atoms with Gasteiger partial charge in [0.05, 0.1) is 9.79 Å². The van der Waals surface area contributed by atoms with Gasteiger partial charge in [-0.2, -0.15) is 0 Å². The Morgan fingerprint density at radius 1 is 1.00 bits per heavy atom. The Balaban J connectivity index is 2.01. The van der Waals surface area contributed by atoms with Gasteiger partial charge in [0.1, 0.15) is 0 Å². The van der Waals surface area contributed by atoms with Gasteiger partial charge in [-0.1, -0.05) is 17.7 Å². The molecule has 3 nitrogen and oxygen atoms in total. The van der Waals surface area contributed by atoms with Gasteiger partial charge in [-0.3, -0.25) is 0 Å². The average molecular weight is 350 g/mol. The summed E-state index contributed by atoms with van der Waals surface area (Å²) in [4.78, 5) is 0.640. The molecule has 0 aromatic heterocycles. The first-order valence-electron chi connectivity index (χ1n) is 7.80. The van der Waals surface area contributed by atoms with E-state index in [2.05, 4.69) is 12.2 Å². The van der Waals surface area contributed by atoms with E-state index in [1.807, 2.05) is 12.1 Å². The Bertz CT molecular complexity index is 794. The van der Waals surface area contributed by atoms with E-state index >= 15 is 0 Å². The number of rotatable bonds is 3. The van der Waals surface area contributed by atoms with Crippen LogP contribution in [0.25, 0.3) is 0 Å². The minimum atomic E-state index is -3.51. The van der Waals surface area contributed by atoms with Gasteiger partial charge < -0.3 is 5.32 Å². The largest absolute Gasteiger partial charge is 0.317 e. The first-order valence-corrected chi connectivity index (χ1v) is 9.66. The lowest BCUT2D eigenvalue weighted by Gasteiger charge is -2.25. The molecule has 0 atom stereocenters. The second-order valence-corrected chi connectivity index (χ2v) is 8.39. The lowest BCUT2D eigenvalue weighted by atomic mass is 9.87. The second-order valence-electron chi connectivity index (χ2n) is 6.00. The van der Waals surface area contributed by atoms with Crippen LogP contribution in [-0.2, 0) is 9.84 Å². The van der Waals surface area contributed by atoms with Gasteiger partial charge in [0, 0.05) is 5.02 Å². The van der Waals surface area contributed by atoms with E-state index in [4.69, 9.17) is 11.6 Å². The van der Waals surface area contributed by atoms with E-state index in [1.54, 1.807) is 30.3 Å². The summed E-state index contributed by atoms with van der Waals surface area (Å²) in [6, 6.07) is 11.8. The first kappa shape index (κ1) is 16.5. The molecule has 0 radical (unpaired) electrons. The van der Waals surface area contributed by atoms with Crippen molar-refractivity contribution in [2.45, 2.75) is 35.5 Å². The Kier molecular flexibility index (Phi) is 4.76. The minimum absolute atomic E-state index is 0.280. The van der Waals surface area contributed by atoms with Crippen LogP contribution in [0.4, 0.5) is 0 Å². The SMILES string of the molecule is Cc1ccc(S(=O)(=O)c2ccc(Cl)cc2)cc1C1CCNCC1. The van der Waals surface area contributed by atoms with E-state index in [9.17, 15) is 8.42 Å². The number of piperidine rings is 1. The number of sulfone groups is 1. The van der Waals surface area contributed by atoms with Gasteiger partial charge in [-0.05, 0) is 86.3 Å². The summed E-state index contributed by atoms with van der Waals surface area (Å²) in [5.41, 5.74) is 2.31. The minimum Gasteiger partial charge on any atom is -0.317 e. The average Bonchev–Trinajstić information content (AvgIpc) is 2.56. The summed E-state index contributed by atoms with van der Waals surface area (Å²) in [6.45, 7) is 4.02. The van der Waals surface area contributed by atoms with Crippen LogP contribution in [-0.4, -0.2) is 21.5 Å². The highest BCUT2D eigenvalue weighted by Gasteiger charge is 2.22. The number of halogens is 1. The molecular formula is C18H20ClNO2S. The summed E-state index contributed by atoms with van der Waals surface area (Å²) in [5.74, 6) is 0.427. The molecule has 1 saturated heterocycles. The molecule has 0 amide bonds. The van der Waals surface area contributed by atoms with Gasteiger partial charge in [0.15, 0.2) is 0 Å². The summed E-state index contributed by atoms with van der Waals surface area (Å²) >= 11 is 5.85. The molecule has 1 fully saturated rings. The molecule has 0 saturated carbocycles. The normalized spacial score (nSPS) is 16.4. The highest BCUT2D eigenvalue weighted by atomic mass is 35.5. The van der Waals surface area contributed by atoms with Crippen LogP contribution in [0.2, 0.25) is 5.02 Å². The predicted molar refractivity (Wildman–Crippen MR) is 92.9 cm³/mol. The van der Waals surface area contributed by atoms with Crippen molar-refractivity contribution in [3.05, 3.63) is 58.6 Å². The van der Waals surface area contributed by atoms with E-state index in [0.29, 0.717) is 15.8 Å². The quantitative estimate of drug-likeness (QED) is 0.912. The van der Waals surface area contributed by atoms with Crippen molar-refractivity contribution in [3.63, 3.8) is 0 Å². The molecule has 1 aliphatic rings. The molecule has 2 aromatic rings. The third kappa shape index (κ3) is 3.44. The van der Waals surface area contributed by atoms with E-state index in [0.717, 1.165) is 37.1 Å². The van der Waals surface area contributed by atoms with Crippen LogP contribution in [0.15, 0.2) is 52.3 Å². The summed E-state index contributed by atoms with van der Waals surface area (Å²) in [5, 5.41) is 3.88. The zero-order valence-electron chi connectivity index (χ0n) is 13.0. The van der Waals surface area contributed by atoms with Gasteiger partial charge >= 0.3 is 0 Å². The van der Waals surface area contributed by atoms with Crippen molar-refractivity contribution >= 4 is 21.4 Å². The number of hydrogen-bond donors (Lipinski definition) is 1. The van der Waals surface area contributed by atoms with Crippen LogP contribution in [0.3, 0.4) is 0 Å². The van der Waals surface area contributed by atoms with Gasteiger partial charge in [0.25, 0.3) is 0 Å². The molecule has 3 rings (SSSR count). The van der Waals surface area contributed by atoms with Crippen molar-refractivity contribution in [1.82, 2.24) is 5.32 Å². The maximum Gasteiger partial charge on any atom is 0.206 e. The smallest absolute Gasteiger partial charge is 0.206 e.